The number of rotatable bonds is 12. The van der Waals surface area contributed by atoms with Gasteiger partial charge in [0, 0.05) is 44.9 Å². The van der Waals surface area contributed by atoms with Crippen molar-refractivity contribution < 1.29 is 43.2 Å². The number of carbonyl (C=O) groups is 7. The summed E-state index contributed by atoms with van der Waals surface area (Å²) >= 11 is 0. The zero-order valence-corrected chi connectivity index (χ0v) is 18.3. The first-order valence-corrected chi connectivity index (χ1v) is 10.8. The lowest BCUT2D eigenvalue weighted by Crippen LogP contribution is -2.37. The number of carbonyl (C=O) groups excluding carboxylic acids is 7. The van der Waals surface area contributed by atoms with Crippen molar-refractivity contribution >= 4 is 41.4 Å². The summed E-state index contributed by atoms with van der Waals surface area (Å²) in [6.45, 7) is 3.63. The highest BCUT2D eigenvalue weighted by Gasteiger charge is 2.37. The van der Waals surface area contributed by atoms with Gasteiger partial charge in [0.1, 0.15) is 5.78 Å². The van der Waals surface area contributed by atoms with E-state index >= 15 is 0 Å². The number of ketones is 1. The lowest BCUT2D eigenvalue weighted by Gasteiger charge is -2.22. The van der Waals surface area contributed by atoms with Crippen LogP contribution in [0.25, 0.3) is 0 Å². The molecule has 2 heterocycles. The molecule has 0 saturated carbocycles. The maximum absolute atomic E-state index is 12.5. The van der Waals surface area contributed by atoms with Gasteiger partial charge in [0.05, 0.1) is 5.92 Å². The minimum absolute atomic E-state index is 0.0123. The van der Waals surface area contributed by atoms with Crippen molar-refractivity contribution in [1.29, 1.82) is 0 Å². The molecule has 2 saturated heterocycles. The fourth-order valence-corrected chi connectivity index (χ4v) is 3.36. The van der Waals surface area contributed by atoms with Gasteiger partial charge < -0.3 is 9.68 Å². The number of hydrogen-bond acceptors (Lipinski definition) is 9. The summed E-state index contributed by atoms with van der Waals surface area (Å²) in [6, 6.07) is 0. The number of nitrogens with zero attached hydrogens (tertiary/aromatic N) is 2. The molecule has 32 heavy (non-hydrogen) atoms. The Labute approximate surface area is 185 Å². The molecule has 0 aromatic heterocycles. The summed E-state index contributed by atoms with van der Waals surface area (Å²) in [7, 11) is 0. The second-order valence-electron chi connectivity index (χ2n) is 7.98. The zero-order valence-electron chi connectivity index (χ0n) is 18.3. The molecule has 0 aliphatic carbocycles. The number of hydroxylamine groups is 4. The third-order valence-corrected chi connectivity index (χ3v) is 5.55. The molecule has 2 aliphatic rings. The average molecular weight is 452 g/mol. The molecule has 1 unspecified atom stereocenters. The molecule has 11 nitrogen and oxygen atoms in total. The largest absolute Gasteiger partial charge is 0.336 e. The van der Waals surface area contributed by atoms with Crippen LogP contribution in [-0.4, -0.2) is 51.5 Å². The van der Waals surface area contributed by atoms with Gasteiger partial charge in [-0.2, -0.15) is 0 Å². The Kier molecular flexibility index (Phi) is 9.03. The first-order chi connectivity index (χ1) is 15.1. The normalized spacial score (nSPS) is 18.2. The lowest BCUT2D eigenvalue weighted by molar-refractivity contribution is -0.202. The molecule has 2 aliphatic heterocycles. The molecule has 2 rings (SSSR count). The first kappa shape index (κ1) is 25.2. The van der Waals surface area contributed by atoms with Gasteiger partial charge in [0.15, 0.2) is 0 Å². The van der Waals surface area contributed by atoms with Crippen LogP contribution in [0.15, 0.2) is 0 Å². The smallest absolute Gasteiger partial charge is 0.330 e. The van der Waals surface area contributed by atoms with E-state index < -0.39 is 41.5 Å². The Morgan fingerprint density at radius 2 is 1.28 bits per heavy atom. The molecule has 0 spiro atoms. The molecule has 11 heteroatoms. The molecular weight excluding hydrogens is 424 g/mol. The van der Waals surface area contributed by atoms with Crippen LogP contribution in [0, 0.1) is 11.8 Å². The maximum atomic E-state index is 12.5. The van der Waals surface area contributed by atoms with Gasteiger partial charge in [0.25, 0.3) is 23.6 Å². The summed E-state index contributed by atoms with van der Waals surface area (Å²) in [4.78, 5) is 92.6. The van der Waals surface area contributed by atoms with Gasteiger partial charge in [-0.25, -0.2) is 9.59 Å². The summed E-state index contributed by atoms with van der Waals surface area (Å²) in [5, 5.41) is 0.954. The summed E-state index contributed by atoms with van der Waals surface area (Å²) < 4.78 is 0. The molecule has 0 aromatic carbocycles. The minimum atomic E-state index is -0.800. The van der Waals surface area contributed by atoms with E-state index in [2.05, 4.69) is 0 Å². The van der Waals surface area contributed by atoms with Crippen LogP contribution in [0.1, 0.15) is 78.1 Å². The van der Waals surface area contributed by atoms with Gasteiger partial charge in [0.2, 0.25) is 0 Å². The number of imide groups is 2. The van der Waals surface area contributed by atoms with Crippen molar-refractivity contribution in [3.8, 4) is 0 Å². The van der Waals surface area contributed by atoms with Crippen LogP contribution in [0.2, 0.25) is 0 Å². The zero-order chi connectivity index (χ0) is 23.8. The predicted molar refractivity (Wildman–Crippen MR) is 105 cm³/mol. The van der Waals surface area contributed by atoms with Crippen LogP contribution in [0.4, 0.5) is 0 Å². The van der Waals surface area contributed by atoms with Crippen LogP contribution in [0.3, 0.4) is 0 Å². The summed E-state index contributed by atoms with van der Waals surface area (Å²) in [5.41, 5.74) is 0. The van der Waals surface area contributed by atoms with Gasteiger partial charge in [-0.3, -0.25) is 24.0 Å². The summed E-state index contributed by atoms with van der Waals surface area (Å²) in [5.74, 6) is -5.02. The molecule has 4 amide bonds. The Morgan fingerprint density at radius 3 is 1.78 bits per heavy atom. The van der Waals surface area contributed by atoms with Crippen molar-refractivity contribution in [2.24, 2.45) is 11.8 Å². The molecule has 2 atom stereocenters. The van der Waals surface area contributed by atoms with Crippen LogP contribution < -0.4 is 0 Å². The van der Waals surface area contributed by atoms with Gasteiger partial charge >= 0.3 is 11.9 Å². The van der Waals surface area contributed by atoms with E-state index in [4.69, 9.17) is 9.68 Å². The van der Waals surface area contributed by atoms with Crippen molar-refractivity contribution in [2.75, 3.05) is 0 Å². The highest BCUT2D eigenvalue weighted by Crippen LogP contribution is 2.24. The Bertz CT molecular complexity index is 775. The monoisotopic (exact) mass is 452 g/mol. The number of unbranched alkanes of at least 4 members (excludes halogenated alkanes) is 1. The van der Waals surface area contributed by atoms with Gasteiger partial charge in [-0.05, 0) is 18.8 Å². The number of hydrogen-bond donors (Lipinski definition) is 0. The highest BCUT2D eigenvalue weighted by molar-refractivity contribution is 6.02. The third kappa shape index (κ3) is 6.69. The predicted octanol–water partition coefficient (Wildman–Crippen LogP) is 1.38. The molecular formula is C21H28N2O9. The van der Waals surface area contributed by atoms with E-state index in [1.54, 1.807) is 6.92 Å². The van der Waals surface area contributed by atoms with E-state index in [1.165, 1.54) is 0 Å². The molecule has 0 N–H and O–H groups in total. The fourth-order valence-electron chi connectivity index (χ4n) is 3.36. The van der Waals surface area contributed by atoms with Crippen molar-refractivity contribution in [3.05, 3.63) is 0 Å². The van der Waals surface area contributed by atoms with Crippen LogP contribution in [0.5, 0.6) is 0 Å². The van der Waals surface area contributed by atoms with E-state index in [9.17, 15) is 33.6 Å². The molecule has 2 fully saturated rings. The molecule has 0 radical (unpaired) electrons. The van der Waals surface area contributed by atoms with Crippen LogP contribution in [-0.2, 0) is 43.2 Å². The topological polar surface area (TPSA) is 144 Å². The fraction of sp³-hybridized carbons (Fsp3) is 0.667. The van der Waals surface area contributed by atoms with Crippen molar-refractivity contribution in [1.82, 2.24) is 10.1 Å². The number of amides is 4. The first-order valence-electron chi connectivity index (χ1n) is 10.8. The van der Waals surface area contributed by atoms with Crippen molar-refractivity contribution in [2.45, 2.75) is 78.1 Å². The highest BCUT2D eigenvalue weighted by atomic mass is 16.7. The second-order valence-corrected chi connectivity index (χ2v) is 7.98. The maximum Gasteiger partial charge on any atom is 0.336 e. The van der Waals surface area contributed by atoms with Crippen LogP contribution >= 0.6 is 0 Å². The van der Waals surface area contributed by atoms with E-state index in [0.717, 1.165) is 0 Å². The van der Waals surface area contributed by atoms with E-state index in [-0.39, 0.29) is 56.6 Å². The van der Waals surface area contributed by atoms with Gasteiger partial charge in [-0.1, -0.05) is 20.3 Å². The quantitative estimate of drug-likeness (QED) is 0.317. The summed E-state index contributed by atoms with van der Waals surface area (Å²) in [6.07, 6.45) is 1.18. The van der Waals surface area contributed by atoms with E-state index in [0.29, 0.717) is 29.4 Å². The SMILES string of the molecule is CCC(C)[C@H](CC(=O)CCCCC(=O)ON1C(=O)CCC1=O)C(=O)ON1C(=O)CCC1=O. The average Bonchev–Trinajstić information content (AvgIpc) is 3.24. The number of Topliss-reactive ketones (excluding diaryl/α,β-unsaturated/α-hetero) is 1. The third-order valence-electron chi connectivity index (χ3n) is 5.55. The standard InChI is InChI=1S/C21H28N2O9/c1-3-13(2)15(21(30)32-23-18(27)10-11-19(23)28)12-14(24)6-4-5-7-20(29)31-22-16(25)8-9-17(22)26/h13,15H,3-12H2,1-2H3/t13?,15-/m0/s1. The Hall–Kier alpha value is -3.11. The Morgan fingerprint density at radius 1 is 0.812 bits per heavy atom. The second kappa shape index (κ2) is 11.5. The minimum Gasteiger partial charge on any atom is -0.330 e. The van der Waals surface area contributed by atoms with Crippen molar-refractivity contribution in [3.63, 3.8) is 0 Å². The van der Waals surface area contributed by atoms with E-state index in [1.807, 2.05) is 6.92 Å². The molecule has 176 valence electrons. The van der Waals surface area contributed by atoms with Gasteiger partial charge in [-0.15, -0.1) is 10.1 Å². The molecule has 0 bridgehead atoms. The molecule has 0 aromatic rings. The Balaban J connectivity index is 1.76. The lowest BCUT2D eigenvalue weighted by atomic mass is 9.86.